The zero-order valence-electron chi connectivity index (χ0n) is 15.1. The molecule has 4 rings (SSSR count). The molecule has 0 radical (unpaired) electrons. The first-order valence-electron chi connectivity index (χ1n) is 9.21. The van der Waals surface area contributed by atoms with Gasteiger partial charge >= 0.3 is 5.63 Å². The molecule has 0 amide bonds. The Morgan fingerprint density at radius 2 is 2.00 bits per heavy atom. The third-order valence-electron chi connectivity index (χ3n) is 4.68. The van der Waals surface area contributed by atoms with Gasteiger partial charge in [0.05, 0.1) is 19.8 Å². The Kier molecular flexibility index (Phi) is 5.46. The zero-order valence-corrected chi connectivity index (χ0v) is 15.1. The number of pyridine rings is 1. The lowest BCUT2D eigenvalue weighted by Crippen LogP contribution is -2.37. The van der Waals surface area contributed by atoms with Crippen molar-refractivity contribution >= 4 is 11.0 Å². The summed E-state index contributed by atoms with van der Waals surface area (Å²) < 4.78 is 16.5. The molecule has 3 aromatic rings. The van der Waals surface area contributed by atoms with Crippen LogP contribution in [0.25, 0.3) is 22.1 Å². The van der Waals surface area contributed by atoms with Gasteiger partial charge in [0, 0.05) is 43.0 Å². The number of benzene rings is 1. The maximum Gasteiger partial charge on any atom is 0.379 e. The van der Waals surface area contributed by atoms with Crippen LogP contribution in [-0.2, 0) is 4.74 Å². The van der Waals surface area contributed by atoms with E-state index in [4.69, 9.17) is 13.9 Å². The Bertz CT molecular complexity index is 949. The van der Waals surface area contributed by atoms with Gasteiger partial charge < -0.3 is 13.9 Å². The van der Waals surface area contributed by atoms with Crippen LogP contribution in [0.3, 0.4) is 0 Å². The van der Waals surface area contributed by atoms with Crippen LogP contribution in [-0.4, -0.2) is 49.3 Å². The van der Waals surface area contributed by atoms with Gasteiger partial charge in [0.25, 0.3) is 0 Å². The molecule has 1 fully saturated rings. The lowest BCUT2D eigenvalue weighted by atomic mass is 10.1. The summed E-state index contributed by atoms with van der Waals surface area (Å²) >= 11 is 0. The van der Waals surface area contributed by atoms with Crippen molar-refractivity contribution in [3.63, 3.8) is 0 Å². The van der Waals surface area contributed by atoms with Crippen molar-refractivity contribution in [3.8, 4) is 16.9 Å². The van der Waals surface area contributed by atoms with E-state index in [2.05, 4.69) is 9.88 Å². The Morgan fingerprint density at radius 3 is 2.81 bits per heavy atom. The van der Waals surface area contributed by atoms with E-state index in [1.54, 1.807) is 18.5 Å². The molecular formula is C21H22N2O4. The Labute approximate surface area is 157 Å². The first-order chi connectivity index (χ1) is 13.3. The van der Waals surface area contributed by atoms with Crippen molar-refractivity contribution < 1.29 is 13.9 Å². The Balaban J connectivity index is 1.43. The van der Waals surface area contributed by atoms with Gasteiger partial charge in [0.2, 0.25) is 5.75 Å². The summed E-state index contributed by atoms with van der Waals surface area (Å²) in [7, 11) is 0. The highest BCUT2D eigenvalue weighted by atomic mass is 16.5. The van der Waals surface area contributed by atoms with Gasteiger partial charge in [-0.1, -0.05) is 18.2 Å². The Hall–Kier alpha value is -2.70. The number of aromatic nitrogens is 1. The molecule has 6 heteroatoms. The quantitative estimate of drug-likeness (QED) is 0.494. The minimum absolute atomic E-state index is 0.263. The fourth-order valence-electron chi connectivity index (χ4n) is 3.20. The maximum absolute atomic E-state index is 12.2. The van der Waals surface area contributed by atoms with Gasteiger partial charge in [-0.25, -0.2) is 4.79 Å². The standard InChI is InChI=1S/C21H22N2O4/c24-21-20(26-10-2-7-23-8-11-25-12-9-23)14-17-5-4-16(13-19(17)27-21)18-3-1-6-22-15-18/h1,3-6,13-15H,2,7-12H2. The molecule has 27 heavy (non-hydrogen) atoms. The molecule has 0 atom stereocenters. The summed E-state index contributed by atoms with van der Waals surface area (Å²) in [6, 6.07) is 11.4. The van der Waals surface area contributed by atoms with E-state index in [0.717, 1.165) is 55.8 Å². The number of hydrogen-bond donors (Lipinski definition) is 0. The van der Waals surface area contributed by atoms with Gasteiger partial charge in [-0.15, -0.1) is 0 Å². The summed E-state index contributed by atoms with van der Waals surface area (Å²) in [5, 5.41) is 0.838. The van der Waals surface area contributed by atoms with Crippen molar-refractivity contribution in [2.24, 2.45) is 0 Å². The summed E-state index contributed by atoms with van der Waals surface area (Å²) in [6.45, 7) is 4.92. The van der Waals surface area contributed by atoms with E-state index in [1.165, 1.54) is 0 Å². The summed E-state index contributed by atoms with van der Waals surface area (Å²) in [4.78, 5) is 18.7. The minimum Gasteiger partial charge on any atom is -0.486 e. The topological polar surface area (TPSA) is 64.8 Å². The van der Waals surface area contributed by atoms with E-state index < -0.39 is 5.63 Å². The second-order valence-electron chi connectivity index (χ2n) is 6.55. The largest absolute Gasteiger partial charge is 0.486 e. The molecule has 0 unspecified atom stereocenters. The highest BCUT2D eigenvalue weighted by Gasteiger charge is 2.11. The number of rotatable bonds is 6. The Morgan fingerprint density at radius 1 is 1.11 bits per heavy atom. The predicted octanol–water partition coefficient (Wildman–Crippen LogP) is 2.96. The van der Waals surface area contributed by atoms with Crippen LogP contribution in [0.4, 0.5) is 0 Å². The van der Waals surface area contributed by atoms with Gasteiger partial charge in [-0.3, -0.25) is 9.88 Å². The lowest BCUT2D eigenvalue weighted by molar-refractivity contribution is 0.0357. The molecule has 1 aliphatic heterocycles. The van der Waals surface area contributed by atoms with Crippen LogP contribution in [0.5, 0.6) is 5.75 Å². The molecular weight excluding hydrogens is 344 g/mol. The number of fused-ring (bicyclic) bond motifs is 1. The van der Waals surface area contributed by atoms with E-state index in [9.17, 15) is 4.79 Å². The summed E-state index contributed by atoms with van der Waals surface area (Å²) in [5.74, 6) is 0.263. The minimum atomic E-state index is -0.447. The van der Waals surface area contributed by atoms with Gasteiger partial charge in [-0.05, 0) is 30.2 Å². The molecule has 0 bridgehead atoms. The molecule has 1 aliphatic rings. The zero-order chi connectivity index (χ0) is 18.5. The molecule has 0 saturated carbocycles. The smallest absolute Gasteiger partial charge is 0.379 e. The molecule has 1 aromatic carbocycles. The summed E-state index contributed by atoms with van der Waals surface area (Å²) in [6.07, 6.45) is 4.37. The second kappa shape index (κ2) is 8.33. The van der Waals surface area contributed by atoms with E-state index in [-0.39, 0.29) is 5.75 Å². The molecule has 3 heterocycles. The summed E-state index contributed by atoms with van der Waals surface area (Å²) in [5.41, 5.74) is 2.03. The highest BCUT2D eigenvalue weighted by Crippen LogP contribution is 2.24. The highest BCUT2D eigenvalue weighted by molar-refractivity contribution is 5.83. The van der Waals surface area contributed by atoms with Crippen molar-refractivity contribution in [2.45, 2.75) is 6.42 Å². The number of morpholine rings is 1. The average Bonchev–Trinajstić information content (AvgIpc) is 2.72. The first-order valence-corrected chi connectivity index (χ1v) is 9.21. The normalized spacial score (nSPS) is 15.1. The molecule has 0 N–H and O–H groups in total. The van der Waals surface area contributed by atoms with Crippen molar-refractivity contribution in [3.05, 3.63) is 59.2 Å². The van der Waals surface area contributed by atoms with E-state index in [0.29, 0.717) is 12.2 Å². The van der Waals surface area contributed by atoms with Crippen LogP contribution >= 0.6 is 0 Å². The van der Waals surface area contributed by atoms with Crippen LogP contribution in [0.15, 0.2) is 58.0 Å². The third-order valence-corrected chi connectivity index (χ3v) is 4.68. The molecule has 2 aromatic heterocycles. The van der Waals surface area contributed by atoms with E-state index >= 15 is 0 Å². The molecule has 0 aliphatic carbocycles. The molecule has 1 saturated heterocycles. The van der Waals surface area contributed by atoms with Crippen molar-refractivity contribution in [1.82, 2.24) is 9.88 Å². The SMILES string of the molecule is O=c1oc2cc(-c3cccnc3)ccc2cc1OCCCN1CCOCC1. The van der Waals surface area contributed by atoms with Crippen LogP contribution in [0, 0.1) is 0 Å². The fraction of sp³-hybridized carbons (Fsp3) is 0.333. The maximum atomic E-state index is 12.2. The van der Waals surface area contributed by atoms with Crippen LogP contribution in [0.2, 0.25) is 0 Å². The average molecular weight is 366 g/mol. The predicted molar refractivity (Wildman–Crippen MR) is 103 cm³/mol. The number of nitrogens with zero attached hydrogens (tertiary/aromatic N) is 2. The third kappa shape index (κ3) is 4.35. The van der Waals surface area contributed by atoms with Gasteiger partial charge in [0.1, 0.15) is 5.58 Å². The van der Waals surface area contributed by atoms with Gasteiger partial charge in [0.15, 0.2) is 0 Å². The molecule has 140 valence electrons. The van der Waals surface area contributed by atoms with Gasteiger partial charge in [-0.2, -0.15) is 0 Å². The van der Waals surface area contributed by atoms with E-state index in [1.807, 2.05) is 30.3 Å². The fourth-order valence-corrected chi connectivity index (χ4v) is 3.20. The lowest BCUT2D eigenvalue weighted by Gasteiger charge is -2.26. The molecule has 0 spiro atoms. The van der Waals surface area contributed by atoms with Crippen LogP contribution < -0.4 is 10.4 Å². The number of ether oxygens (including phenoxy) is 2. The van der Waals surface area contributed by atoms with Crippen molar-refractivity contribution in [2.75, 3.05) is 39.5 Å². The number of hydrogen-bond acceptors (Lipinski definition) is 6. The van der Waals surface area contributed by atoms with Crippen molar-refractivity contribution in [1.29, 1.82) is 0 Å². The first kappa shape index (κ1) is 17.7. The monoisotopic (exact) mass is 366 g/mol. The van der Waals surface area contributed by atoms with Crippen LogP contribution in [0.1, 0.15) is 6.42 Å². The second-order valence-corrected chi connectivity index (χ2v) is 6.55. The molecule has 6 nitrogen and oxygen atoms in total.